The molecule has 0 aromatic carbocycles. The molecular formula is C10H12N2S2. The van der Waals surface area contributed by atoms with Crippen molar-refractivity contribution in [1.29, 1.82) is 0 Å². The van der Waals surface area contributed by atoms with Crippen LogP contribution < -0.4 is 0 Å². The van der Waals surface area contributed by atoms with E-state index in [1.807, 2.05) is 16.8 Å². The maximum atomic E-state index is 4.28. The first-order chi connectivity index (χ1) is 6.63. The average molecular weight is 224 g/mol. The molecule has 2 rings (SSSR count). The van der Waals surface area contributed by atoms with Crippen molar-refractivity contribution in [1.82, 2.24) is 9.38 Å². The SMILES string of the molecule is CC(C)(SS)c1ccn2ccnc2c1. The van der Waals surface area contributed by atoms with Crippen LogP contribution in [0.3, 0.4) is 0 Å². The molecule has 2 nitrogen and oxygen atoms in total. The minimum Gasteiger partial charge on any atom is -0.307 e. The topological polar surface area (TPSA) is 17.3 Å². The molecule has 0 aliphatic carbocycles. The average Bonchev–Trinajstić information content (AvgIpc) is 2.64. The maximum Gasteiger partial charge on any atom is 0.136 e. The van der Waals surface area contributed by atoms with Crippen molar-refractivity contribution in [3.63, 3.8) is 0 Å². The second-order valence-electron chi connectivity index (χ2n) is 3.71. The fourth-order valence-electron chi connectivity index (χ4n) is 1.34. The highest BCUT2D eigenvalue weighted by molar-refractivity contribution is 8.68. The molecule has 2 aromatic rings. The lowest BCUT2D eigenvalue weighted by atomic mass is 10.0. The molecule has 0 amide bonds. The molecule has 0 bridgehead atoms. The Morgan fingerprint density at radius 1 is 1.43 bits per heavy atom. The second-order valence-corrected chi connectivity index (χ2v) is 5.46. The third-order valence-corrected chi connectivity index (χ3v) is 4.38. The van der Waals surface area contributed by atoms with E-state index in [1.54, 1.807) is 17.0 Å². The molecule has 0 radical (unpaired) electrons. The van der Waals surface area contributed by atoms with Gasteiger partial charge in [-0.3, -0.25) is 0 Å². The quantitative estimate of drug-likeness (QED) is 0.623. The van der Waals surface area contributed by atoms with E-state index in [1.165, 1.54) is 5.56 Å². The Balaban J connectivity index is 2.53. The minimum absolute atomic E-state index is 0.0246. The lowest BCUT2D eigenvalue weighted by Gasteiger charge is -2.21. The molecule has 2 heterocycles. The number of hydrogen-bond donors (Lipinski definition) is 1. The van der Waals surface area contributed by atoms with E-state index in [0.29, 0.717) is 0 Å². The number of imidazole rings is 1. The Morgan fingerprint density at radius 2 is 2.21 bits per heavy atom. The molecule has 0 aliphatic rings. The number of thiol groups is 1. The Hall–Kier alpha value is -0.610. The second kappa shape index (κ2) is 3.51. The van der Waals surface area contributed by atoms with Crippen molar-refractivity contribution >= 4 is 28.1 Å². The molecule has 0 N–H and O–H groups in total. The summed E-state index contributed by atoms with van der Waals surface area (Å²) in [5.41, 5.74) is 2.23. The van der Waals surface area contributed by atoms with Crippen LogP contribution in [-0.4, -0.2) is 9.38 Å². The zero-order chi connectivity index (χ0) is 10.2. The van der Waals surface area contributed by atoms with E-state index in [9.17, 15) is 0 Å². The van der Waals surface area contributed by atoms with Crippen LogP contribution in [0.15, 0.2) is 30.7 Å². The summed E-state index contributed by atoms with van der Waals surface area (Å²) < 4.78 is 2.03. The van der Waals surface area contributed by atoms with Crippen molar-refractivity contribution < 1.29 is 0 Å². The molecule has 0 unspecified atom stereocenters. The predicted octanol–water partition coefficient (Wildman–Crippen LogP) is 3.15. The van der Waals surface area contributed by atoms with Crippen LogP contribution in [0.4, 0.5) is 0 Å². The standard InChI is InChI=1S/C10H12N2S2/c1-10(2,14-13)8-3-5-12-6-4-11-9(12)7-8/h3-7,13H,1-2H3. The first kappa shape index (κ1) is 9.93. The van der Waals surface area contributed by atoms with Gasteiger partial charge in [-0.25, -0.2) is 4.98 Å². The number of aromatic nitrogens is 2. The van der Waals surface area contributed by atoms with E-state index in [-0.39, 0.29) is 4.75 Å². The fourth-order valence-corrected chi connectivity index (χ4v) is 1.89. The summed E-state index contributed by atoms with van der Waals surface area (Å²) in [5.74, 6) is 0. The van der Waals surface area contributed by atoms with Crippen LogP contribution in [0, 0.1) is 0 Å². The molecule has 0 saturated heterocycles. The molecule has 0 saturated carbocycles. The van der Waals surface area contributed by atoms with E-state index in [0.717, 1.165) is 5.65 Å². The Labute approximate surface area is 92.5 Å². The fraction of sp³-hybridized carbons (Fsp3) is 0.300. The zero-order valence-corrected chi connectivity index (χ0v) is 9.85. The van der Waals surface area contributed by atoms with Crippen LogP contribution in [0.2, 0.25) is 0 Å². The van der Waals surface area contributed by atoms with Crippen molar-refractivity contribution in [2.24, 2.45) is 0 Å². The van der Waals surface area contributed by atoms with Crippen LogP contribution >= 0.6 is 22.5 Å². The smallest absolute Gasteiger partial charge is 0.136 e. The van der Waals surface area contributed by atoms with Crippen molar-refractivity contribution in [2.45, 2.75) is 18.6 Å². The van der Waals surface area contributed by atoms with Gasteiger partial charge in [-0.2, -0.15) is 0 Å². The van der Waals surface area contributed by atoms with Gasteiger partial charge < -0.3 is 4.40 Å². The largest absolute Gasteiger partial charge is 0.307 e. The lowest BCUT2D eigenvalue weighted by Crippen LogP contribution is -2.10. The molecule has 0 spiro atoms. The van der Waals surface area contributed by atoms with Crippen LogP contribution in [0.1, 0.15) is 19.4 Å². The number of hydrogen-bond acceptors (Lipinski definition) is 3. The highest BCUT2D eigenvalue weighted by atomic mass is 33.1. The van der Waals surface area contributed by atoms with Gasteiger partial charge in [-0.05, 0) is 31.5 Å². The van der Waals surface area contributed by atoms with Gasteiger partial charge in [-0.15, -0.1) is 11.7 Å². The van der Waals surface area contributed by atoms with Crippen LogP contribution in [-0.2, 0) is 4.75 Å². The third kappa shape index (κ3) is 1.64. The number of pyridine rings is 1. The van der Waals surface area contributed by atoms with E-state index >= 15 is 0 Å². The number of rotatable bonds is 2. The summed E-state index contributed by atoms with van der Waals surface area (Å²) in [4.78, 5) is 4.26. The van der Waals surface area contributed by atoms with Gasteiger partial charge in [0, 0.05) is 23.3 Å². The van der Waals surface area contributed by atoms with Gasteiger partial charge in [0.2, 0.25) is 0 Å². The summed E-state index contributed by atoms with van der Waals surface area (Å²) >= 11 is 4.28. The van der Waals surface area contributed by atoms with Gasteiger partial charge >= 0.3 is 0 Å². The highest BCUT2D eigenvalue weighted by Gasteiger charge is 2.19. The molecule has 0 atom stereocenters. The molecule has 0 fully saturated rings. The molecule has 74 valence electrons. The molecule has 14 heavy (non-hydrogen) atoms. The summed E-state index contributed by atoms with van der Waals surface area (Å²) in [6, 6.07) is 4.21. The highest BCUT2D eigenvalue weighted by Crippen LogP contribution is 2.37. The van der Waals surface area contributed by atoms with Gasteiger partial charge in [0.05, 0.1) is 0 Å². The number of fused-ring (bicyclic) bond motifs is 1. The predicted molar refractivity (Wildman–Crippen MR) is 64.8 cm³/mol. The summed E-state index contributed by atoms with van der Waals surface area (Å²) in [7, 11) is 1.55. The Morgan fingerprint density at radius 3 is 2.93 bits per heavy atom. The minimum atomic E-state index is 0.0246. The summed E-state index contributed by atoms with van der Waals surface area (Å²) in [5, 5.41) is 0. The lowest BCUT2D eigenvalue weighted by molar-refractivity contribution is 0.787. The first-order valence-corrected chi connectivity index (χ1v) is 6.26. The van der Waals surface area contributed by atoms with Crippen LogP contribution in [0.25, 0.3) is 5.65 Å². The Kier molecular flexibility index (Phi) is 2.49. The molecular weight excluding hydrogens is 212 g/mol. The van der Waals surface area contributed by atoms with E-state index in [4.69, 9.17) is 0 Å². The molecule has 2 aromatic heterocycles. The van der Waals surface area contributed by atoms with E-state index in [2.05, 4.69) is 42.6 Å². The molecule has 4 heteroatoms. The van der Waals surface area contributed by atoms with Gasteiger partial charge in [0.15, 0.2) is 0 Å². The number of nitrogens with zero attached hydrogens (tertiary/aromatic N) is 2. The normalized spacial score (nSPS) is 12.2. The van der Waals surface area contributed by atoms with Crippen molar-refractivity contribution in [3.05, 3.63) is 36.3 Å². The van der Waals surface area contributed by atoms with Gasteiger partial charge in [-0.1, -0.05) is 10.8 Å². The summed E-state index contributed by atoms with van der Waals surface area (Å²) in [6.07, 6.45) is 5.78. The zero-order valence-electron chi connectivity index (χ0n) is 8.14. The third-order valence-electron chi connectivity index (χ3n) is 2.32. The van der Waals surface area contributed by atoms with Crippen molar-refractivity contribution in [3.8, 4) is 0 Å². The van der Waals surface area contributed by atoms with Gasteiger partial charge in [0.1, 0.15) is 5.65 Å². The molecule has 0 aliphatic heterocycles. The van der Waals surface area contributed by atoms with Crippen LogP contribution in [0.5, 0.6) is 0 Å². The summed E-state index contributed by atoms with van der Waals surface area (Å²) in [6.45, 7) is 4.30. The van der Waals surface area contributed by atoms with Gasteiger partial charge in [0.25, 0.3) is 0 Å². The Bertz CT molecular complexity index is 448. The van der Waals surface area contributed by atoms with E-state index < -0.39 is 0 Å². The first-order valence-electron chi connectivity index (χ1n) is 4.39. The van der Waals surface area contributed by atoms with Crippen molar-refractivity contribution in [2.75, 3.05) is 0 Å². The maximum absolute atomic E-state index is 4.28. The monoisotopic (exact) mass is 224 g/mol.